The molecule has 0 heterocycles. The van der Waals surface area contributed by atoms with Crippen molar-refractivity contribution in [2.75, 3.05) is 13.2 Å². The highest BCUT2D eigenvalue weighted by Crippen LogP contribution is 2.14. The van der Waals surface area contributed by atoms with Crippen molar-refractivity contribution in [3.63, 3.8) is 0 Å². The van der Waals surface area contributed by atoms with Crippen LogP contribution in [0.3, 0.4) is 0 Å². The van der Waals surface area contributed by atoms with E-state index in [-0.39, 0.29) is 55.9 Å². The van der Waals surface area contributed by atoms with Gasteiger partial charge in [0.25, 0.3) is 0 Å². The molecule has 8 amide bonds. The summed E-state index contributed by atoms with van der Waals surface area (Å²) in [5.74, 6) is -9.68. The van der Waals surface area contributed by atoms with E-state index in [4.69, 9.17) is 22.9 Å². The van der Waals surface area contributed by atoms with Crippen LogP contribution in [-0.4, -0.2) is 129 Å². The molecule has 2 aromatic carbocycles. The van der Waals surface area contributed by atoms with E-state index in [9.17, 15) is 63.6 Å². The first-order valence-electron chi connectivity index (χ1n) is 20.9. The van der Waals surface area contributed by atoms with Gasteiger partial charge in [-0.05, 0) is 73.5 Å². The molecule has 23 heteroatoms. The number of hydrogen-bond acceptors (Lipinski definition) is 14. The lowest BCUT2D eigenvalue weighted by atomic mass is 10.0. The van der Waals surface area contributed by atoms with E-state index >= 15 is 0 Å². The number of aliphatic hydroxyl groups excluding tert-OH is 1. The number of amides is 8. The second kappa shape index (κ2) is 27.4. The third-order valence-electron chi connectivity index (χ3n) is 9.81. The maximum absolute atomic E-state index is 14.0. The Labute approximate surface area is 375 Å². The molecule has 0 aliphatic rings. The number of hydrogen-bond donors (Lipinski definition) is 14. The van der Waals surface area contributed by atoms with Crippen LogP contribution in [0.2, 0.25) is 0 Å². The predicted molar refractivity (Wildman–Crippen MR) is 233 cm³/mol. The normalized spacial score (nSPS) is 14.2. The maximum Gasteiger partial charge on any atom is 0.326 e. The first-order chi connectivity index (χ1) is 30.6. The van der Waals surface area contributed by atoms with Crippen molar-refractivity contribution >= 4 is 53.2 Å². The molecule has 7 atom stereocenters. The lowest BCUT2D eigenvalue weighted by Crippen LogP contribution is -2.61. The molecule has 0 unspecified atom stereocenters. The molecule has 0 aromatic heterocycles. The van der Waals surface area contributed by atoms with E-state index < -0.39 is 109 Å². The van der Waals surface area contributed by atoms with Gasteiger partial charge < -0.3 is 75.3 Å². The number of phenolic OH excluding ortho intramolecular Hbond substituents is 2. The number of aromatic hydroxyl groups is 2. The number of aliphatic carboxylic acids is 1. The molecule has 2 aromatic rings. The number of carbonyl (C=O) groups is 9. The van der Waals surface area contributed by atoms with Gasteiger partial charge >= 0.3 is 5.97 Å². The Kier molecular flexibility index (Phi) is 22.9. The lowest BCUT2D eigenvalue weighted by molar-refractivity contribution is -0.142. The maximum atomic E-state index is 14.0. The van der Waals surface area contributed by atoms with Gasteiger partial charge in [0.2, 0.25) is 47.3 Å². The summed E-state index contributed by atoms with van der Waals surface area (Å²) >= 11 is 0. The third kappa shape index (κ3) is 20.0. The number of phenols is 2. The van der Waals surface area contributed by atoms with Crippen molar-refractivity contribution in [3.05, 3.63) is 59.7 Å². The number of carboxylic acids is 1. The Morgan fingerprint density at radius 3 is 1.48 bits per heavy atom. The number of rotatable bonds is 29. The van der Waals surface area contributed by atoms with Gasteiger partial charge in [-0.2, -0.15) is 0 Å². The first-order valence-corrected chi connectivity index (χ1v) is 20.9. The van der Waals surface area contributed by atoms with Crippen molar-refractivity contribution < 1.29 is 63.6 Å². The van der Waals surface area contributed by atoms with Crippen LogP contribution in [0.25, 0.3) is 0 Å². The largest absolute Gasteiger partial charge is 0.508 e. The Bertz CT molecular complexity index is 1950. The van der Waals surface area contributed by atoms with Crippen molar-refractivity contribution in [3.8, 4) is 11.5 Å². The van der Waals surface area contributed by atoms with E-state index in [1.54, 1.807) is 13.8 Å². The number of primary amides is 2. The second-order valence-corrected chi connectivity index (χ2v) is 15.8. The predicted octanol–water partition coefficient (Wildman–Crippen LogP) is -3.49. The van der Waals surface area contributed by atoms with Gasteiger partial charge in [0.05, 0.1) is 19.1 Å². The molecule has 0 radical (unpaired) electrons. The summed E-state index contributed by atoms with van der Waals surface area (Å²) in [4.78, 5) is 117. The van der Waals surface area contributed by atoms with Gasteiger partial charge in [0.1, 0.15) is 47.8 Å². The molecule has 0 bridgehead atoms. The van der Waals surface area contributed by atoms with Crippen molar-refractivity contribution in [2.24, 2.45) is 28.9 Å². The summed E-state index contributed by atoms with van der Waals surface area (Å²) in [6, 6.07) is 0.511. The summed E-state index contributed by atoms with van der Waals surface area (Å²) < 4.78 is 0. The average Bonchev–Trinajstić information content (AvgIpc) is 3.23. The zero-order valence-electron chi connectivity index (χ0n) is 36.3. The number of nitrogens with one attached hydrogen (secondary N) is 6. The minimum atomic E-state index is -1.77. The van der Waals surface area contributed by atoms with Crippen LogP contribution in [-0.2, 0) is 56.0 Å². The van der Waals surface area contributed by atoms with E-state index in [1.165, 1.54) is 48.5 Å². The fraction of sp³-hybridized carbons (Fsp3) is 0.500. The van der Waals surface area contributed by atoms with Crippen LogP contribution >= 0.6 is 0 Å². The summed E-state index contributed by atoms with van der Waals surface area (Å²) in [7, 11) is 0. The zero-order valence-corrected chi connectivity index (χ0v) is 36.3. The monoisotopic (exact) mass is 914 g/mol. The Hall–Kier alpha value is -6.85. The fourth-order valence-corrected chi connectivity index (χ4v) is 6.29. The number of carbonyl (C=O) groups excluding carboxylic acids is 8. The molecule has 0 aliphatic heterocycles. The highest BCUT2D eigenvalue weighted by Gasteiger charge is 2.34. The summed E-state index contributed by atoms with van der Waals surface area (Å²) in [6.07, 6.45) is -0.693. The standard InChI is InChI=1S/C42H62N10O13/c1-22(2)17-29(38(60)51-32(42(64)65)19-24-8-12-26(55)13-9-24)48-40(62)31(20-35(46)57)50-39(61)30(18-23-6-10-25(54)11-7-23)49-41(63)33(21-53)52-37(59)28(14-15-34(45)56)47-36(58)27(44)5-3-4-16-43/h6-13,22,27-33,53-55H,3-5,14-21,43-44H2,1-2H3,(H2,45,56)(H2,46,57)(H,47,58)(H,48,62)(H,49,63)(H,50,61)(H,51,60)(H,52,59)(H,64,65)/t27-,28-,29-,30-,31-,32-,33-/m0/s1. The highest BCUT2D eigenvalue weighted by atomic mass is 16.4. The molecule has 18 N–H and O–H groups in total. The Morgan fingerprint density at radius 1 is 0.554 bits per heavy atom. The van der Waals surface area contributed by atoms with Crippen molar-refractivity contribution in [1.29, 1.82) is 0 Å². The molecule has 0 saturated carbocycles. The van der Waals surface area contributed by atoms with E-state index in [2.05, 4.69) is 31.9 Å². The van der Waals surface area contributed by atoms with Gasteiger partial charge in [-0.1, -0.05) is 44.5 Å². The second-order valence-electron chi connectivity index (χ2n) is 15.8. The van der Waals surface area contributed by atoms with Crippen molar-refractivity contribution in [1.82, 2.24) is 31.9 Å². The Balaban J connectivity index is 2.37. The molecular formula is C42H62N10O13. The zero-order chi connectivity index (χ0) is 48.8. The molecule has 65 heavy (non-hydrogen) atoms. The van der Waals surface area contributed by atoms with Crippen LogP contribution in [0.4, 0.5) is 0 Å². The minimum absolute atomic E-state index is 0.0250. The average molecular weight is 915 g/mol. The molecule has 0 fully saturated rings. The quantitative estimate of drug-likeness (QED) is 0.0352. The van der Waals surface area contributed by atoms with Gasteiger partial charge in [-0.15, -0.1) is 0 Å². The molecule has 358 valence electrons. The van der Waals surface area contributed by atoms with E-state index in [0.29, 0.717) is 30.5 Å². The first kappa shape index (κ1) is 54.3. The number of nitrogens with two attached hydrogens (primary N) is 4. The fourth-order valence-electron chi connectivity index (χ4n) is 6.29. The van der Waals surface area contributed by atoms with Crippen LogP contribution in [0.1, 0.15) is 69.9 Å². The van der Waals surface area contributed by atoms with Crippen LogP contribution in [0.5, 0.6) is 11.5 Å². The van der Waals surface area contributed by atoms with Gasteiger partial charge in [-0.25, -0.2) is 4.79 Å². The lowest BCUT2D eigenvalue weighted by Gasteiger charge is -2.27. The van der Waals surface area contributed by atoms with Gasteiger partial charge in [0, 0.05) is 19.3 Å². The molecule has 23 nitrogen and oxygen atoms in total. The Morgan fingerprint density at radius 2 is 0.985 bits per heavy atom. The molecule has 0 aliphatic carbocycles. The topological polar surface area (TPSA) is 411 Å². The summed E-state index contributed by atoms with van der Waals surface area (Å²) in [5, 5.41) is 53.8. The number of benzene rings is 2. The summed E-state index contributed by atoms with van der Waals surface area (Å²) in [5.41, 5.74) is 23.0. The van der Waals surface area contributed by atoms with Crippen molar-refractivity contribution in [2.45, 2.75) is 114 Å². The number of aliphatic hydroxyl groups is 1. The van der Waals surface area contributed by atoms with Gasteiger partial charge in [-0.3, -0.25) is 38.4 Å². The smallest absolute Gasteiger partial charge is 0.326 e. The third-order valence-corrected chi connectivity index (χ3v) is 9.81. The summed E-state index contributed by atoms with van der Waals surface area (Å²) in [6.45, 7) is 2.77. The van der Waals surface area contributed by atoms with Crippen LogP contribution in [0.15, 0.2) is 48.5 Å². The molecular weight excluding hydrogens is 853 g/mol. The van der Waals surface area contributed by atoms with E-state index in [0.717, 1.165) is 0 Å². The number of unbranched alkanes of at least 4 members (excludes halogenated alkanes) is 1. The number of carboxylic acid groups (broad SMARTS) is 1. The molecule has 0 spiro atoms. The molecule has 2 rings (SSSR count). The van der Waals surface area contributed by atoms with E-state index in [1.807, 2.05) is 0 Å². The van der Waals surface area contributed by atoms with Crippen LogP contribution < -0.4 is 54.8 Å². The van der Waals surface area contributed by atoms with Gasteiger partial charge in [0.15, 0.2) is 0 Å². The minimum Gasteiger partial charge on any atom is -0.508 e. The SMILES string of the molecule is CC(C)C[C@H](NC(=O)[C@H](CC(N)=O)NC(=O)[C@H](Cc1ccc(O)cc1)NC(=O)[C@H](CO)NC(=O)[C@H](CCC(N)=O)NC(=O)[C@@H](N)CCCCN)C(=O)N[C@@H](Cc1ccc(O)cc1)C(=O)O. The molecule has 0 saturated heterocycles. The van der Waals surface area contributed by atoms with Crippen LogP contribution in [0, 0.1) is 5.92 Å². The highest BCUT2D eigenvalue weighted by molar-refractivity contribution is 5.98.